The maximum absolute atomic E-state index is 14.8. The van der Waals surface area contributed by atoms with Crippen LogP contribution in [0.1, 0.15) is 35.4 Å². The molecule has 0 spiro atoms. The van der Waals surface area contributed by atoms with E-state index in [9.17, 15) is 13.6 Å². The van der Waals surface area contributed by atoms with Gasteiger partial charge in [0.15, 0.2) is 0 Å². The molecule has 29 heavy (non-hydrogen) atoms. The molecule has 0 unspecified atom stereocenters. The summed E-state index contributed by atoms with van der Waals surface area (Å²) >= 11 is 0. The number of hydrogen-bond donors (Lipinski definition) is 2. The van der Waals surface area contributed by atoms with Crippen LogP contribution in [0.5, 0.6) is 0 Å². The molecular formula is C22H21F2N3O2. The SMILES string of the molecule is COC(=O)NCc1ccc(-c2cn[nH]c2-c2c(F)cc(C3CC3)cc2F)cc1C. The van der Waals surface area contributed by atoms with Crippen LogP contribution in [-0.4, -0.2) is 23.4 Å². The second-order valence-corrected chi connectivity index (χ2v) is 7.28. The van der Waals surface area contributed by atoms with Gasteiger partial charge in [-0.25, -0.2) is 13.6 Å². The standard InChI is InChI=1S/C22H21F2N3O2/c1-12-7-14(5-6-15(12)10-25-22(28)29-2)17-11-26-27-21(17)20-18(23)8-16(9-19(20)24)13-3-4-13/h5-9,11,13H,3-4,10H2,1-2H3,(H,25,28)(H,26,27). The van der Waals surface area contributed by atoms with Gasteiger partial charge in [0.1, 0.15) is 11.6 Å². The van der Waals surface area contributed by atoms with E-state index in [0.29, 0.717) is 23.4 Å². The highest BCUT2D eigenvalue weighted by molar-refractivity contribution is 5.81. The van der Waals surface area contributed by atoms with E-state index in [2.05, 4.69) is 20.3 Å². The van der Waals surface area contributed by atoms with Gasteiger partial charge in [-0.1, -0.05) is 18.2 Å². The van der Waals surface area contributed by atoms with E-state index in [4.69, 9.17) is 0 Å². The summed E-state index contributed by atoms with van der Waals surface area (Å²) in [5.74, 6) is -0.913. The van der Waals surface area contributed by atoms with E-state index < -0.39 is 17.7 Å². The minimum atomic E-state index is -0.590. The third-order valence-electron chi connectivity index (χ3n) is 5.26. The fourth-order valence-corrected chi connectivity index (χ4v) is 3.48. The van der Waals surface area contributed by atoms with E-state index in [1.807, 2.05) is 25.1 Å². The van der Waals surface area contributed by atoms with Crippen LogP contribution in [0.25, 0.3) is 22.4 Å². The number of nitrogens with zero attached hydrogens (tertiary/aromatic N) is 1. The Kier molecular flexibility index (Phi) is 5.05. The normalized spacial score (nSPS) is 13.4. The highest BCUT2D eigenvalue weighted by Crippen LogP contribution is 2.42. The Hall–Kier alpha value is -3.22. The van der Waals surface area contributed by atoms with Crippen LogP contribution >= 0.6 is 0 Å². The van der Waals surface area contributed by atoms with Crippen molar-refractivity contribution in [1.82, 2.24) is 15.5 Å². The summed E-state index contributed by atoms with van der Waals surface area (Å²) in [7, 11) is 1.31. The van der Waals surface area contributed by atoms with Gasteiger partial charge >= 0.3 is 6.09 Å². The van der Waals surface area contributed by atoms with Crippen molar-refractivity contribution in [3.05, 3.63) is 64.9 Å². The minimum absolute atomic E-state index is 0.101. The summed E-state index contributed by atoms with van der Waals surface area (Å²) in [6.45, 7) is 2.23. The fourth-order valence-electron chi connectivity index (χ4n) is 3.48. The van der Waals surface area contributed by atoms with Gasteiger partial charge in [-0.15, -0.1) is 0 Å². The molecule has 5 nitrogen and oxygen atoms in total. The molecular weight excluding hydrogens is 376 g/mol. The van der Waals surface area contributed by atoms with Crippen molar-refractivity contribution in [2.24, 2.45) is 0 Å². The molecule has 0 bridgehead atoms. The maximum atomic E-state index is 14.8. The smallest absolute Gasteiger partial charge is 0.407 e. The average Bonchev–Trinajstić information content (AvgIpc) is 3.44. The second kappa shape index (κ2) is 7.66. The van der Waals surface area contributed by atoms with Gasteiger partial charge < -0.3 is 10.1 Å². The second-order valence-electron chi connectivity index (χ2n) is 7.28. The first-order chi connectivity index (χ1) is 14.0. The molecule has 3 aromatic rings. The molecule has 1 aliphatic carbocycles. The maximum Gasteiger partial charge on any atom is 0.407 e. The molecule has 150 valence electrons. The molecule has 1 amide bonds. The van der Waals surface area contributed by atoms with E-state index in [-0.39, 0.29) is 11.5 Å². The molecule has 2 aromatic carbocycles. The topological polar surface area (TPSA) is 67.0 Å². The predicted molar refractivity (Wildman–Crippen MR) is 105 cm³/mol. The molecule has 0 saturated heterocycles. The van der Waals surface area contributed by atoms with Crippen LogP contribution in [0.2, 0.25) is 0 Å². The number of halogens is 2. The zero-order valence-electron chi connectivity index (χ0n) is 16.2. The molecule has 0 atom stereocenters. The summed E-state index contributed by atoms with van der Waals surface area (Å²) in [5.41, 5.74) is 4.14. The van der Waals surface area contributed by atoms with Gasteiger partial charge in [0.25, 0.3) is 0 Å². The van der Waals surface area contributed by atoms with Crippen LogP contribution in [0.4, 0.5) is 13.6 Å². The van der Waals surface area contributed by atoms with Crippen molar-refractivity contribution in [3.8, 4) is 22.4 Å². The molecule has 2 N–H and O–H groups in total. The van der Waals surface area contributed by atoms with Gasteiger partial charge in [0.05, 0.1) is 24.6 Å². The molecule has 1 aliphatic rings. The number of alkyl carbamates (subject to hydrolysis) is 1. The zero-order valence-corrected chi connectivity index (χ0v) is 16.2. The van der Waals surface area contributed by atoms with Gasteiger partial charge in [0, 0.05) is 12.1 Å². The number of rotatable bonds is 5. The van der Waals surface area contributed by atoms with Crippen molar-refractivity contribution < 1.29 is 18.3 Å². The van der Waals surface area contributed by atoms with E-state index in [0.717, 1.165) is 29.5 Å². The van der Waals surface area contributed by atoms with Crippen molar-refractivity contribution in [1.29, 1.82) is 0 Å². The van der Waals surface area contributed by atoms with Crippen molar-refractivity contribution in [3.63, 3.8) is 0 Å². The Labute approximate surface area is 167 Å². The first-order valence-corrected chi connectivity index (χ1v) is 9.42. The Morgan fingerprint density at radius 2 is 1.97 bits per heavy atom. The van der Waals surface area contributed by atoms with Gasteiger partial charge in [-0.3, -0.25) is 5.10 Å². The largest absolute Gasteiger partial charge is 0.453 e. The predicted octanol–water partition coefficient (Wildman–Crippen LogP) is 5.06. The zero-order chi connectivity index (χ0) is 20.5. The molecule has 1 saturated carbocycles. The van der Waals surface area contributed by atoms with Crippen molar-refractivity contribution >= 4 is 6.09 Å². The number of aromatic nitrogens is 2. The molecule has 1 aromatic heterocycles. The minimum Gasteiger partial charge on any atom is -0.453 e. The first-order valence-electron chi connectivity index (χ1n) is 9.42. The van der Waals surface area contributed by atoms with Crippen LogP contribution < -0.4 is 5.32 Å². The van der Waals surface area contributed by atoms with Crippen LogP contribution in [0, 0.1) is 18.6 Å². The summed E-state index contributed by atoms with van der Waals surface area (Å²) in [5, 5.41) is 9.40. The van der Waals surface area contributed by atoms with Crippen LogP contribution in [-0.2, 0) is 11.3 Å². The monoisotopic (exact) mass is 397 g/mol. The van der Waals surface area contributed by atoms with E-state index >= 15 is 0 Å². The molecule has 0 radical (unpaired) electrons. The summed E-state index contributed by atoms with van der Waals surface area (Å²) in [4.78, 5) is 11.3. The van der Waals surface area contributed by atoms with Gasteiger partial charge in [-0.05, 0) is 60.1 Å². The highest BCUT2D eigenvalue weighted by atomic mass is 19.1. The number of aryl methyl sites for hydroxylation is 1. The van der Waals surface area contributed by atoms with Crippen LogP contribution in [0.3, 0.4) is 0 Å². The number of aromatic amines is 1. The van der Waals surface area contributed by atoms with E-state index in [1.54, 1.807) is 6.20 Å². The third kappa shape index (κ3) is 3.85. The van der Waals surface area contributed by atoms with Crippen molar-refractivity contribution in [2.75, 3.05) is 7.11 Å². The molecule has 7 heteroatoms. The Morgan fingerprint density at radius 1 is 1.24 bits per heavy atom. The van der Waals surface area contributed by atoms with Crippen molar-refractivity contribution in [2.45, 2.75) is 32.2 Å². The average molecular weight is 397 g/mol. The molecule has 4 rings (SSSR count). The van der Waals surface area contributed by atoms with E-state index in [1.165, 1.54) is 19.2 Å². The lowest BCUT2D eigenvalue weighted by atomic mass is 9.96. The summed E-state index contributed by atoms with van der Waals surface area (Å²) in [6.07, 6.45) is 3.00. The molecule has 0 aliphatic heterocycles. The summed E-state index contributed by atoms with van der Waals surface area (Å²) < 4.78 is 34.1. The quantitative estimate of drug-likeness (QED) is 0.632. The molecule has 1 heterocycles. The number of ether oxygens (including phenoxy) is 1. The first kappa shape index (κ1) is 19.1. The summed E-state index contributed by atoms with van der Waals surface area (Å²) in [6, 6.07) is 8.45. The Bertz CT molecular complexity index is 1050. The lowest BCUT2D eigenvalue weighted by Crippen LogP contribution is -2.22. The van der Waals surface area contributed by atoms with Gasteiger partial charge in [-0.2, -0.15) is 5.10 Å². The highest BCUT2D eigenvalue weighted by Gasteiger charge is 2.27. The number of methoxy groups -OCH3 is 1. The fraction of sp³-hybridized carbons (Fsp3) is 0.273. The van der Waals surface area contributed by atoms with Crippen LogP contribution in [0.15, 0.2) is 36.5 Å². The number of nitrogens with one attached hydrogen (secondary N) is 2. The lowest BCUT2D eigenvalue weighted by molar-refractivity contribution is 0.170. The third-order valence-corrected chi connectivity index (χ3v) is 5.26. The van der Waals surface area contributed by atoms with Gasteiger partial charge in [0.2, 0.25) is 0 Å². The number of amides is 1. The number of carbonyl (C=O) groups is 1. The number of H-pyrrole nitrogens is 1. The molecule has 1 fully saturated rings. The number of benzene rings is 2. The lowest BCUT2D eigenvalue weighted by Gasteiger charge is -2.11. The number of carbonyl (C=O) groups excluding carboxylic acids is 1. The Morgan fingerprint density at radius 3 is 2.59 bits per heavy atom. The Balaban J connectivity index is 1.66. The number of hydrogen-bond acceptors (Lipinski definition) is 3.